The van der Waals surface area contributed by atoms with Gasteiger partial charge >= 0.3 is 0 Å². The fraction of sp³-hybridized carbons (Fsp3) is 0.310. The first-order valence-corrected chi connectivity index (χ1v) is 12.5. The monoisotopic (exact) mass is 484 g/mol. The van der Waals surface area contributed by atoms with Crippen LogP contribution in [0.25, 0.3) is 0 Å². The quantitative estimate of drug-likeness (QED) is 0.530. The van der Waals surface area contributed by atoms with Gasteiger partial charge in [-0.1, -0.05) is 43.3 Å². The number of carbonyl (C=O) groups excluding carboxylic acids is 2. The van der Waals surface area contributed by atoms with Crippen molar-refractivity contribution < 1.29 is 14.3 Å². The molecule has 2 heterocycles. The first-order chi connectivity index (χ1) is 17.6. The Bertz CT molecular complexity index is 1250. The van der Waals surface area contributed by atoms with Gasteiger partial charge in [0.1, 0.15) is 11.9 Å². The Kier molecular flexibility index (Phi) is 6.80. The van der Waals surface area contributed by atoms with Crippen molar-refractivity contribution in [2.45, 2.75) is 19.5 Å². The van der Waals surface area contributed by atoms with Crippen LogP contribution in [0.4, 0.5) is 11.4 Å². The summed E-state index contributed by atoms with van der Waals surface area (Å²) in [6, 6.07) is 23.3. The average Bonchev–Trinajstić information content (AvgIpc) is 3.19. The van der Waals surface area contributed by atoms with E-state index in [0.29, 0.717) is 25.2 Å². The van der Waals surface area contributed by atoms with E-state index in [9.17, 15) is 9.59 Å². The second-order valence-electron chi connectivity index (χ2n) is 9.16. The number of fused-ring (bicyclic) bond motifs is 1. The highest BCUT2D eigenvalue weighted by Gasteiger charge is 2.36. The Morgan fingerprint density at radius 2 is 1.72 bits per heavy atom. The molecule has 1 fully saturated rings. The zero-order chi connectivity index (χ0) is 25.1. The van der Waals surface area contributed by atoms with Crippen molar-refractivity contribution in [3.63, 3.8) is 0 Å². The molecule has 5 rings (SSSR count). The molecule has 0 aliphatic carbocycles. The number of piperazine rings is 1. The van der Waals surface area contributed by atoms with Crippen LogP contribution in [-0.4, -0.2) is 61.4 Å². The molecule has 1 unspecified atom stereocenters. The second-order valence-corrected chi connectivity index (χ2v) is 9.16. The highest BCUT2D eigenvalue weighted by Crippen LogP contribution is 2.35. The summed E-state index contributed by atoms with van der Waals surface area (Å²) in [6.07, 6.45) is 0.625. The summed E-state index contributed by atoms with van der Waals surface area (Å²) in [5, 5.41) is 3.51. The van der Waals surface area contributed by atoms with Crippen LogP contribution in [0, 0.1) is 0 Å². The molecule has 7 nitrogen and oxygen atoms in total. The maximum absolute atomic E-state index is 13.4. The largest absolute Gasteiger partial charge is 0.495 e. The van der Waals surface area contributed by atoms with Crippen molar-refractivity contribution in [2.24, 2.45) is 0 Å². The van der Waals surface area contributed by atoms with Crippen molar-refractivity contribution >= 4 is 23.2 Å². The van der Waals surface area contributed by atoms with Crippen molar-refractivity contribution in [3.8, 4) is 5.75 Å². The van der Waals surface area contributed by atoms with E-state index < -0.39 is 0 Å². The third kappa shape index (κ3) is 4.49. The number of hydrogen-bond acceptors (Lipinski definition) is 5. The number of hydrogen-bond donors (Lipinski definition) is 1. The summed E-state index contributed by atoms with van der Waals surface area (Å²) in [4.78, 5) is 32.4. The van der Waals surface area contributed by atoms with Crippen LogP contribution >= 0.6 is 0 Å². The molecule has 0 radical (unpaired) electrons. The van der Waals surface area contributed by atoms with E-state index in [0.717, 1.165) is 47.8 Å². The van der Waals surface area contributed by atoms with Crippen molar-refractivity contribution in [2.75, 3.05) is 50.1 Å². The molecule has 0 saturated carbocycles. The predicted molar refractivity (Wildman–Crippen MR) is 142 cm³/mol. The number of methoxy groups -OCH3 is 1. The lowest BCUT2D eigenvalue weighted by Gasteiger charge is -2.36. The van der Waals surface area contributed by atoms with Gasteiger partial charge in [0.15, 0.2) is 0 Å². The van der Waals surface area contributed by atoms with E-state index in [-0.39, 0.29) is 18.0 Å². The third-order valence-corrected chi connectivity index (χ3v) is 6.93. The van der Waals surface area contributed by atoms with Crippen LogP contribution in [0.3, 0.4) is 0 Å². The Morgan fingerprint density at radius 1 is 0.972 bits per heavy atom. The number of benzene rings is 3. The Balaban J connectivity index is 1.29. The van der Waals surface area contributed by atoms with Crippen LogP contribution in [0.5, 0.6) is 5.75 Å². The first kappa shape index (κ1) is 23.7. The number of nitrogens with zero attached hydrogens (tertiary/aromatic N) is 3. The topological polar surface area (TPSA) is 65.1 Å². The third-order valence-electron chi connectivity index (χ3n) is 6.93. The summed E-state index contributed by atoms with van der Waals surface area (Å²) in [6.45, 7) is 5.52. The minimum absolute atomic E-state index is 0.0200. The number of anilines is 2. The average molecular weight is 485 g/mol. The van der Waals surface area contributed by atoms with E-state index in [2.05, 4.69) is 23.2 Å². The van der Waals surface area contributed by atoms with Gasteiger partial charge < -0.3 is 24.8 Å². The fourth-order valence-corrected chi connectivity index (χ4v) is 5.12. The highest BCUT2D eigenvalue weighted by molar-refractivity contribution is 5.99. The molecule has 0 bridgehead atoms. The molecule has 2 aliphatic rings. The van der Waals surface area contributed by atoms with E-state index in [1.807, 2.05) is 76.5 Å². The molecule has 2 amide bonds. The Morgan fingerprint density at radius 3 is 2.50 bits per heavy atom. The summed E-state index contributed by atoms with van der Waals surface area (Å²) < 4.78 is 5.51. The molecule has 1 saturated heterocycles. The van der Waals surface area contributed by atoms with Gasteiger partial charge in [-0.25, -0.2) is 0 Å². The molecule has 3 aromatic carbocycles. The van der Waals surface area contributed by atoms with Gasteiger partial charge in [0.25, 0.3) is 11.8 Å². The van der Waals surface area contributed by atoms with Crippen LogP contribution in [0.1, 0.15) is 45.8 Å². The maximum Gasteiger partial charge on any atom is 0.256 e. The summed E-state index contributed by atoms with van der Waals surface area (Å²) in [7, 11) is 1.68. The van der Waals surface area contributed by atoms with Crippen molar-refractivity contribution in [1.29, 1.82) is 0 Å². The van der Waals surface area contributed by atoms with E-state index >= 15 is 0 Å². The van der Waals surface area contributed by atoms with Gasteiger partial charge in [-0.15, -0.1) is 0 Å². The molecule has 7 heteroatoms. The zero-order valence-electron chi connectivity index (χ0n) is 20.8. The first-order valence-electron chi connectivity index (χ1n) is 12.5. The second kappa shape index (κ2) is 10.3. The molecular weight excluding hydrogens is 452 g/mol. The van der Waals surface area contributed by atoms with Crippen LogP contribution in [0.15, 0.2) is 72.8 Å². The number of rotatable bonds is 7. The molecule has 0 aromatic heterocycles. The number of nitrogens with one attached hydrogen (secondary N) is 1. The maximum atomic E-state index is 13.4. The van der Waals surface area contributed by atoms with Crippen LogP contribution in [-0.2, 0) is 0 Å². The van der Waals surface area contributed by atoms with Crippen LogP contribution < -0.4 is 15.0 Å². The van der Waals surface area contributed by atoms with Gasteiger partial charge in [-0.3, -0.25) is 9.59 Å². The molecule has 0 spiro atoms. The van der Waals surface area contributed by atoms with Gasteiger partial charge in [-0.05, 0) is 42.8 Å². The standard InChI is InChI=1S/C29H32N4O3/c1-3-15-33-27(23-11-4-5-12-24(23)29(33)35)30-22-10-8-9-21(20-22)28(34)32-18-16-31(17-19-32)25-13-6-7-14-26(25)36-2/h4-14,20,27,30H,3,15-19H2,1-2H3. The van der Waals surface area contributed by atoms with E-state index in [1.165, 1.54) is 0 Å². The molecular formula is C29H32N4O3. The van der Waals surface area contributed by atoms with Gasteiger partial charge in [-0.2, -0.15) is 0 Å². The van der Waals surface area contributed by atoms with Gasteiger partial charge in [0.05, 0.1) is 12.8 Å². The van der Waals surface area contributed by atoms with Crippen molar-refractivity contribution in [1.82, 2.24) is 9.80 Å². The summed E-state index contributed by atoms with van der Waals surface area (Å²) in [5.74, 6) is 0.914. The SMILES string of the molecule is CCCN1C(=O)c2ccccc2C1Nc1cccc(C(=O)N2CCN(c3ccccc3OC)CC2)c1. The summed E-state index contributed by atoms with van der Waals surface area (Å²) in [5.41, 5.74) is 4.24. The lowest BCUT2D eigenvalue weighted by molar-refractivity contribution is 0.0735. The van der Waals surface area contributed by atoms with Crippen molar-refractivity contribution in [3.05, 3.63) is 89.5 Å². The molecule has 1 atom stereocenters. The minimum Gasteiger partial charge on any atom is -0.495 e. The van der Waals surface area contributed by atoms with E-state index in [1.54, 1.807) is 7.11 Å². The highest BCUT2D eigenvalue weighted by atomic mass is 16.5. The Labute approximate surface area is 212 Å². The molecule has 36 heavy (non-hydrogen) atoms. The molecule has 2 aliphatic heterocycles. The zero-order valence-corrected chi connectivity index (χ0v) is 20.8. The number of para-hydroxylation sites is 2. The number of carbonyl (C=O) groups is 2. The Hall–Kier alpha value is -4.00. The number of ether oxygens (including phenoxy) is 1. The lowest BCUT2D eigenvalue weighted by atomic mass is 10.1. The van der Waals surface area contributed by atoms with Crippen LogP contribution in [0.2, 0.25) is 0 Å². The van der Waals surface area contributed by atoms with Gasteiger partial charge in [0, 0.05) is 55.1 Å². The fourth-order valence-electron chi connectivity index (χ4n) is 5.12. The summed E-state index contributed by atoms with van der Waals surface area (Å²) >= 11 is 0. The minimum atomic E-state index is -0.247. The normalized spacial score (nSPS) is 17.2. The van der Waals surface area contributed by atoms with Gasteiger partial charge in [0.2, 0.25) is 0 Å². The predicted octanol–water partition coefficient (Wildman–Crippen LogP) is 4.63. The molecule has 186 valence electrons. The lowest BCUT2D eigenvalue weighted by Crippen LogP contribution is -2.48. The van der Waals surface area contributed by atoms with E-state index in [4.69, 9.17) is 4.74 Å². The molecule has 1 N–H and O–H groups in total. The molecule has 3 aromatic rings. The number of amides is 2. The smallest absolute Gasteiger partial charge is 0.256 e.